The van der Waals surface area contributed by atoms with Crippen LogP contribution in [0.2, 0.25) is 0 Å². The molecule has 2 aliphatic rings. The molecule has 5 heteroatoms. The monoisotopic (exact) mass is 296 g/mol. The van der Waals surface area contributed by atoms with E-state index >= 15 is 0 Å². The summed E-state index contributed by atoms with van der Waals surface area (Å²) in [6.07, 6.45) is 5.58. The Hall–Kier alpha value is -2.30. The standard InChI is InChI=1S/C17H20N4O/c1-12-3-4-13-5-7-21(16(13)9-12)15-6-8-20(17(15)22)14-10-18-19(2)11-14/h3-4,9-11,15H,5-8H2,1-2H3/t15-/m1/s1. The third-order valence-corrected chi connectivity index (χ3v) is 4.73. The lowest BCUT2D eigenvalue weighted by molar-refractivity contribution is -0.118. The molecule has 1 fully saturated rings. The molecular formula is C17H20N4O. The second-order valence-corrected chi connectivity index (χ2v) is 6.24. The van der Waals surface area contributed by atoms with Crippen molar-refractivity contribution in [3.63, 3.8) is 0 Å². The first-order valence-electron chi connectivity index (χ1n) is 7.80. The normalized spacial score (nSPS) is 20.8. The van der Waals surface area contributed by atoms with Gasteiger partial charge in [0.1, 0.15) is 6.04 Å². The summed E-state index contributed by atoms with van der Waals surface area (Å²) in [4.78, 5) is 17.0. The predicted molar refractivity (Wildman–Crippen MR) is 86.2 cm³/mol. The first kappa shape index (κ1) is 13.4. The summed E-state index contributed by atoms with van der Waals surface area (Å²) in [5.41, 5.74) is 4.75. The van der Waals surface area contributed by atoms with Crippen molar-refractivity contribution in [1.82, 2.24) is 9.78 Å². The fourth-order valence-corrected chi connectivity index (χ4v) is 3.60. The predicted octanol–water partition coefficient (Wildman–Crippen LogP) is 1.90. The van der Waals surface area contributed by atoms with E-state index < -0.39 is 0 Å². The topological polar surface area (TPSA) is 41.4 Å². The van der Waals surface area contributed by atoms with Crippen molar-refractivity contribution in [1.29, 1.82) is 0 Å². The van der Waals surface area contributed by atoms with Crippen molar-refractivity contribution in [2.75, 3.05) is 22.9 Å². The van der Waals surface area contributed by atoms with Gasteiger partial charge < -0.3 is 9.80 Å². The van der Waals surface area contributed by atoms with E-state index in [1.807, 2.05) is 18.1 Å². The van der Waals surface area contributed by atoms with Crippen LogP contribution in [0, 0.1) is 6.92 Å². The van der Waals surface area contributed by atoms with E-state index in [1.165, 1.54) is 16.8 Å². The molecule has 1 aromatic heterocycles. The van der Waals surface area contributed by atoms with Crippen molar-refractivity contribution < 1.29 is 4.79 Å². The molecule has 0 saturated carbocycles. The Morgan fingerprint density at radius 2 is 2.14 bits per heavy atom. The zero-order valence-electron chi connectivity index (χ0n) is 13.0. The number of nitrogens with zero attached hydrogens (tertiary/aromatic N) is 4. The number of amides is 1. The SMILES string of the molecule is Cc1ccc2c(c1)N([C@@H]1CCN(c3cnn(C)c3)C1=O)CC2. The van der Waals surface area contributed by atoms with E-state index in [9.17, 15) is 4.79 Å². The van der Waals surface area contributed by atoms with Crippen molar-refractivity contribution in [3.8, 4) is 0 Å². The summed E-state index contributed by atoms with van der Waals surface area (Å²) in [6, 6.07) is 6.52. The highest BCUT2D eigenvalue weighted by Gasteiger charge is 2.39. The van der Waals surface area contributed by atoms with Gasteiger partial charge in [0.15, 0.2) is 0 Å². The number of rotatable bonds is 2. The average molecular weight is 296 g/mol. The molecule has 1 atom stereocenters. The van der Waals surface area contributed by atoms with Gasteiger partial charge in [0.05, 0.1) is 11.9 Å². The van der Waals surface area contributed by atoms with E-state index in [2.05, 4.69) is 35.1 Å². The number of anilines is 2. The highest BCUT2D eigenvalue weighted by molar-refractivity contribution is 6.01. The number of hydrogen-bond acceptors (Lipinski definition) is 3. The Bertz CT molecular complexity index is 736. The molecule has 0 radical (unpaired) electrons. The molecular weight excluding hydrogens is 276 g/mol. The van der Waals surface area contributed by atoms with Gasteiger partial charge in [-0.3, -0.25) is 9.48 Å². The van der Waals surface area contributed by atoms with Gasteiger partial charge in [0, 0.05) is 32.0 Å². The maximum absolute atomic E-state index is 12.8. The van der Waals surface area contributed by atoms with Gasteiger partial charge in [0.25, 0.3) is 0 Å². The molecule has 2 aliphatic heterocycles. The van der Waals surface area contributed by atoms with Gasteiger partial charge in [-0.1, -0.05) is 12.1 Å². The lowest BCUT2D eigenvalue weighted by Crippen LogP contribution is -2.41. The van der Waals surface area contributed by atoms with Crippen molar-refractivity contribution >= 4 is 17.3 Å². The molecule has 4 rings (SSSR count). The maximum Gasteiger partial charge on any atom is 0.249 e. The quantitative estimate of drug-likeness (QED) is 0.850. The van der Waals surface area contributed by atoms with Crippen LogP contribution in [-0.2, 0) is 18.3 Å². The Labute approximate surface area is 130 Å². The smallest absolute Gasteiger partial charge is 0.249 e. The number of hydrogen-bond donors (Lipinski definition) is 0. The molecule has 2 aromatic rings. The maximum atomic E-state index is 12.8. The molecule has 5 nitrogen and oxygen atoms in total. The first-order valence-corrected chi connectivity index (χ1v) is 7.80. The van der Waals surface area contributed by atoms with Crippen molar-refractivity contribution in [2.45, 2.75) is 25.8 Å². The number of carbonyl (C=O) groups is 1. The van der Waals surface area contributed by atoms with Gasteiger partial charge in [-0.05, 0) is 37.0 Å². The third-order valence-electron chi connectivity index (χ3n) is 4.73. The van der Waals surface area contributed by atoms with E-state index in [-0.39, 0.29) is 11.9 Å². The number of carbonyl (C=O) groups excluding carboxylic acids is 1. The van der Waals surface area contributed by atoms with Crippen molar-refractivity contribution in [2.24, 2.45) is 7.05 Å². The second-order valence-electron chi connectivity index (χ2n) is 6.24. The minimum atomic E-state index is -0.0387. The summed E-state index contributed by atoms with van der Waals surface area (Å²) in [7, 11) is 1.88. The minimum Gasteiger partial charge on any atom is -0.359 e. The summed E-state index contributed by atoms with van der Waals surface area (Å²) >= 11 is 0. The van der Waals surface area contributed by atoms with Crippen LogP contribution >= 0.6 is 0 Å². The average Bonchev–Trinajstić information content (AvgIpc) is 3.17. The van der Waals surface area contributed by atoms with Gasteiger partial charge in [-0.15, -0.1) is 0 Å². The number of aromatic nitrogens is 2. The molecule has 114 valence electrons. The van der Waals surface area contributed by atoms with E-state index in [4.69, 9.17) is 0 Å². The fraction of sp³-hybridized carbons (Fsp3) is 0.412. The molecule has 0 N–H and O–H groups in total. The van der Waals surface area contributed by atoms with E-state index in [0.717, 1.165) is 31.6 Å². The second kappa shape index (κ2) is 4.87. The van der Waals surface area contributed by atoms with Crippen LogP contribution < -0.4 is 9.80 Å². The largest absolute Gasteiger partial charge is 0.359 e. The Kier molecular flexibility index (Phi) is 2.96. The van der Waals surface area contributed by atoms with Gasteiger partial charge in [-0.25, -0.2) is 0 Å². The van der Waals surface area contributed by atoms with Crippen LogP contribution in [0.1, 0.15) is 17.5 Å². The van der Waals surface area contributed by atoms with E-state index in [0.29, 0.717) is 0 Å². The molecule has 1 aromatic carbocycles. The molecule has 1 amide bonds. The zero-order chi connectivity index (χ0) is 15.3. The molecule has 0 spiro atoms. The highest BCUT2D eigenvalue weighted by Crippen LogP contribution is 2.34. The van der Waals surface area contributed by atoms with Gasteiger partial charge >= 0.3 is 0 Å². The lowest BCUT2D eigenvalue weighted by atomic mass is 10.1. The molecule has 0 aliphatic carbocycles. The van der Waals surface area contributed by atoms with Gasteiger partial charge in [0.2, 0.25) is 5.91 Å². The lowest BCUT2D eigenvalue weighted by Gasteiger charge is -2.26. The summed E-state index contributed by atoms with van der Waals surface area (Å²) in [5, 5.41) is 4.17. The van der Waals surface area contributed by atoms with Crippen LogP contribution in [0.5, 0.6) is 0 Å². The number of aryl methyl sites for hydroxylation is 2. The minimum absolute atomic E-state index is 0.0387. The van der Waals surface area contributed by atoms with E-state index in [1.54, 1.807) is 10.9 Å². The van der Waals surface area contributed by atoms with Gasteiger partial charge in [-0.2, -0.15) is 5.10 Å². The molecule has 1 saturated heterocycles. The summed E-state index contributed by atoms with van der Waals surface area (Å²) in [6.45, 7) is 3.82. The first-order chi connectivity index (χ1) is 10.6. The Morgan fingerprint density at radius 1 is 1.27 bits per heavy atom. The number of benzene rings is 1. The summed E-state index contributed by atoms with van der Waals surface area (Å²) in [5.74, 6) is 0.197. The molecule has 22 heavy (non-hydrogen) atoms. The van der Waals surface area contributed by atoms with Crippen LogP contribution in [0.15, 0.2) is 30.6 Å². The number of fused-ring (bicyclic) bond motifs is 1. The Balaban J connectivity index is 1.61. The molecule has 0 unspecified atom stereocenters. The van der Waals surface area contributed by atoms with Crippen LogP contribution in [0.25, 0.3) is 0 Å². The van der Waals surface area contributed by atoms with Crippen LogP contribution in [0.3, 0.4) is 0 Å². The zero-order valence-corrected chi connectivity index (χ0v) is 13.0. The highest BCUT2D eigenvalue weighted by atomic mass is 16.2. The third kappa shape index (κ3) is 2.00. The van der Waals surface area contributed by atoms with Crippen LogP contribution in [0.4, 0.5) is 11.4 Å². The van der Waals surface area contributed by atoms with Crippen LogP contribution in [-0.4, -0.2) is 34.8 Å². The summed E-state index contributed by atoms with van der Waals surface area (Å²) < 4.78 is 1.74. The molecule has 0 bridgehead atoms. The molecule has 3 heterocycles. The Morgan fingerprint density at radius 3 is 2.91 bits per heavy atom. The van der Waals surface area contributed by atoms with Crippen molar-refractivity contribution in [3.05, 3.63) is 41.7 Å². The fourth-order valence-electron chi connectivity index (χ4n) is 3.60.